The van der Waals surface area contributed by atoms with Crippen molar-refractivity contribution in [1.82, 2.24) is 0 Å². The van der Waals surface area contributed by atoms with Gasteiger partial charge in [-0.25, -0.2) is 17.4 Å². The summed E-state index contributed by atoms with van der Waals surface area (Å²) in [4.78, 5) is 12.7. The SMILES string of the molecule is CCCCCOc1cc(Oc2ccc(NS(=O)(=O)c3ccc(C)cc3)c(C(=O)O)c2)ccc1NS(=O)c1ccc(C)cc1. The van der Waals surface area contributed by atoms with Crippen molar-refractivity contribution in [1.29, 1.82) is 0 Å². The third kappa shape index (κ3) is 8.59. The molecular weight excluding hydrogens is 588 g/mol. The lowest BCUT2D eigenvalue weighted by Crippen LogP contribution is -2.15. The summed E-state index contributed by atoms with van der Waals surface area (Å²) < 4.78 is 56.0. The fourth-order valence-electron chi connectivity index (χ4n) is 4.03. The van der Waals surface area contributed by atoms with Crippen molar-refractivity contribution in [3.8, 4) is 17.2 Å². The number of unbranched alkanes of at least 4 members (excludes halogenated alkanes) is 2. The number of rotatable bonds is 14. The summed E-state index contributed by atoms with van der Waals surface area (Å²) >= 11 is 0. The first-order valence-corrected chi connectivity index (χ1v) is 16.4. The molecular formula is C32H34N2O7S2. The first-order valence-electron chi connectivity index (χ1n) is 13.7. The molecule has 0 heterocycles. The quantitative estimate of drug-likeness (QED) is 0.126. The molecule has 9 nitrogen and oxygen atoms in total. The minimum absolute atomic E-state index is 0.0123. The van der Waals surface area contributed by atoms with Gasteiger partial charge >= 0.3 is 5.97 Å². The maximum absolute atomic E-state index is 13.0. The molecule has 0 bridgehead atoms. The lowest BCUT2D eigenvalue weighted by Gasteiger charge is -2.16. The van der Waals surface area contributed by atoms with Crippen LogP contribution in [0.5, 0.6) is 17.2 Å². The Bertz CT molecular complexity index is 1710. The largest absolute Gasteiger partial charge is 0.491 e. The van der Waals surface area contributed by atoms with E-state index in [1.165, 1.54) is 30.3 Å². The van der Waals surface area contributed by atoms with Gasteiger partial charge in [0.25, 0.3) is 10.0 Å². The predicted molar refractivity (Wildman–Crippen MR) is 168 cm³/mol. The maximum atomic E-state index is 13.0. The van der Waals surface area contributed by atoms with Crippen molar-refractivity contribution >= 4 is 38.4 Å². The van der Waals surface area contributed by atoms with Gasteiger partial charge in [-0.15, -0.1) is 0 Å². The highest BCUT2D eigenvalue weighted by Gasteiger charge is 2.20. The van der Waals surface area contributed by atoms with E-state index in [1.54, 1.807) is 42.5 Å². The summed E-state index contributed by atoms with van der Waals surface area (Å²) in [5.41, 5.74) is 2.08. The zero-order valence-electron chi connectivity index (χ0n) is 24.1. The van der Waals surface area contributed by atoms with Gasteiger partial charge in [-0.1, -0.05) is 55.2 Å². The van der Waals surface area contributed by atoms with Crippen LogP contribution in [-0.2, 0) is 21.0 Å². The van der Waals surface area contributed by atoms with E-state index in [-0.39, 0.29) is 21.9 Å². The van der Waals surface area contributed by atoms with Crippen LogP contribution >= 0.6 is 0 Å². The second kappa shape index (κ2) is 14.2. The molecule has 4 rings (SSSR count). The first-order chi connectivity index (χ1) is 20.6. The Morgan fingerprint density at radius 1 is 0.837 bits per heavy atom. The van der Waals surface area contributed by atoms with Gasteiger partial charge < -0.3 is 14.6 Å². The number of ether oxygens (including phenoxy) is 2. The van der Waals surface area contributed by atoms with Crippen LogP contribution in [0, 0.1) is 13.8 Å². The highest BCUT2D eigenvalue weighted by Crippen LogP contribution is 2.34. The number of carboxylic acids is 1. The Hall–Kier alpha value is -4.35. The van der Waals surface area contributed by atoms with E-state index in [9.17, 15) is 22.5 Å². The van der Waals surface area contributed by atoms with Crippen LogP contribution in [0.1, 0.15) is 47.7 Å². The molecule has 0 spiro atoms. The van der Waals surface area contributed by atoms with E-state index in [0.29, 0.717) is 28.7 Å². The molecule has 3 N–H and O–H groups in total. The smallest absolute Gasteiger partial charge is 0.337 e. The molecule has 0 saturated carbocycles. The number of sulfonamides is 1. The molecule has 0 radical (unpaired) electrons. The van der Waals surface area contributed by atoms with Gasteiger partial charge in [0, 0.05) is 6.07 Å². The monoisotopic (exact) mass is 622 g/mol. The minimum Gasteiger partial charge on any atom is -0.491 e. The molecule has 0 aromatic heterocycles. The Morgan fingerprint density at radius 3 is 2.07 bits per heavy atom. The van der Waals surface area contributed by atoms with Gasteiger partial charge in [-0.2, -0.15) is 0 Å². The molecule has 43 heavy (non-hydrogen) atoms. The van der Waals surface area contributed by atoms with Crippen LogP contribution in [0.4, 0.5) is 11.4 Å². The van der Waals surface area contributed by atoms with Crippen molar-refractivity contribution < 1.29 is 32.0 Å². The van der Waals surface area contributed by atoms with Crippen LogP contribution in [0.25, 0.3) is 0 Å². The second-order valence-corrected chi connectivity index (χ2v) is 12.8. The number of anilines is 2. The molecule has 1 atom stereocenters. The van der Waals surface area contributed by atoms with Crippen molar-refractivity contribution in [2.24, 2.45) is 0 Å². The molecule has 0 fully saturated rings. The van der Waals surface area contributed by atoms with Gasteiger partial charge in [-0.3, -0.25) is 9.44 Å². The molecule has 0 amide bonds. The number of carboxylic acid groups (broad SMARTS) is 1. The van der Waals surface area contributed by atoms with Gasteiger partial charge in [0.1, 0.15) is 28.2 Å². The first kappa shape index (κ1) is 31.6. The van der Waals surface area contributed by atoms with E-state index in [4.69, 9.17) is 9.47 Å². The number of aromatic carboxylic acids is 1. The lowest BCUT2D eigenvalue weighted by molar-refractivity contribution is 0.0697. The summed E-state index contributed by atoms with van der Waals surface area (Å²) in [7, 11) is -5.55. The van der Waals surface area contributed by atoms with Crippen LogP contribution in [-0.4, -0.2) is 30.3 Å². The highest BCUT2D eigenvalue weighted by atomic mass is 32.2. The maximum Gasteiger partial charge on any atom is 0.337 e. The van der Waals surface area contributed by atoms with Crippen LogP contribution in [0.15, 0.2) is 94.7 Å². The van der Waals surface area contributed by atoms with Crippen molar-refractivity contribution in [3.63, 3.8) is 0 Å². The van der Waals surface area contributed by atoms with Gasteiger partial charge in [-0.05, 0) is 74.9 Å². The van der Waals surface area contributed by atoms with E-state index < -0.39 is 27.0 Å². The normalized spacial score (nSPS) is 11.9. The Morgan fingerprint density at radius 2 is 1.44 bits per heavy atom. The molecule has 11 heteroatoms. The molecule has 0 aliphatic carbocycles. The summed E-state index contributed by atoms with van der Waals surface area (Å²) in [5, 5.41) is 9.83. The van der Waals surface area contributed by atoms with Crippen LogP contribution in [0.2, 0.25) is 0 Å². The fraction of sp³-hybridized carbons (Fsp3) is 0.219. The number of carbonyl (C=O) groups is 1. The fourth-order valence-corrected chi connectivity index (χ4v) is 5.98. The third-order valence-corrected chi connectivity index (χ3v) is 8.92. The lowest BCUT2D eigenvalue weighted by atomic mass is 10.1. The summed E-state index contributed by atoms with van der Waals surface area (Å²) in [5.74, 6) is -0.377. The van der Waals surface area contributed by atoms with Gasteiger partial charge in [0.15, 0.2) is 0 Å². The van der Waals surface area contributed by atoms with E-state index >= 15 is 0 Å². The Balaban J connectivity index is 1.57. The molecule has 4 aromatic rings. The molecule has 0 aliphatic rings. The second-order valence-electron chi connectivity index (χ2n) is 9.93. The average Bonchev–Trinajstić information content (AvgIpc) is 2.97. The van der Waals surface area contributed by atoms with E-state index in [2.05, 4.69) is 16.4 Å². The minimum atomic E-state index is -4.02. The summed E-state index contributed by atoms with van der Waals surface area (Å²) in [6.45, 7) is 6.33. The number of aryl methyl sites for hydroxylation is 2. The average molecular weight is 623 g/mol. The number of hydrogen-bond acceptors (Lipinski definition) is 6. The third-order valence-electron chi connectivity index (χ3n) is 6.43. The Kier molecular flexibility index (Phi) is 10.4. The molecule has 0 saturated heterocycles. The van der Waals surface area contributed by atoms with Crippen LogP contribution < -0.4 is 18.9 Å². The standard InChI is InChI=1S/C32H34N2O7S2/c1-4-5-6-19-40-31-21-25(12-18-30(31)33-42(37)26-13-7-22(2)8-14-26)41-24-11-17-29(28(20-24)32(35)36)34-43(38,39)27-15-9-23(3)10-16-27/h7-18,20-21,33-34H,4-6,19H2,1-3H3,(H,35,36). The zero-order chi connectivity index (χ0) is 31.0. The molecule has 226 valence electrons. The number of nitrogens with one attached hydrogen (secondary N) is 2. The Labute approximate surface area is 254 Å². The predicted octanol–water partition coefficient (Wildman–Crippen LogP) is 7.30. The van der Waals surface area contributed by atoms with Crippen molar-refractivity contribution in [2.45, 2.75) is 49.8 Å². The highest BCUT2D eigenvalue weighted by molar-refractivity contribution is 7.92. The number of benzene rings is 4. The van der Waals surface area contributed by atoms with Crippen molar-refractivity contribution in [2.75, 3.05) is 16.1 Å². The molecule has 0 aliphatic heterocycles. The van der Waals surface area contributed by atoms with Crippen molar-refractivity contribution in [3.05, 3.63) is 102 Å². The van der Waals surface area contributed by atoms with E-state index in [1.807, 2.05) is 26.0 Å². The summed E-state index contributed by atoms with van der Waals surface area (Å²) in [6, 6.07) is 22.6. The zero-order valence-corrected chi connectivity index (χ0v) is 25.8. The van der Waals surface area contributed by atoms with Gasteiger partial charge in [0.05, 0.1) is 33.3 Å². The number of hydrogen-bond donors (Lipinski definition) is 3. The van der Waals surface area contributed by atoms with E-state index in [0.717, 1.165) is 30.4 Å². The molecule has 4 aromatic carbocycles. The summed E-state index contributed by atoms with van der Waals surface area (Å²) in [6.07, 6.45) is 2.86. The van der Waals surface area contributed by atoms with Crippen LogP contribution in [0.3, 0.4) is 0 Å². The molecule has 1 unspecified atom stereocenters. The topological polar surface area (TPSA) is 131 Å². The van der Waals surface area contributed by atoms with Gasteiger partial charge in [0.2, 0.25) is 0 Å².